The summed E-state index contributed by atoms with van der Waals surface area (Å²) in [4.78, 5) is 36.7. The number of amides is 2. The van der Waals surface area contributed by atoms with Gasteiger partial charge in [0.2, 0.25) is 0 Å². The molecule has 1 aromatic heterocycles. The maximum atomic E-state index is 12.6. The Morgan fingerprint density at radius 1 is 0.903 bits per heavy atom. The van der Waals surface area contributed by atoms with Crippen LogP contribution < -0.4 is 10.6 Å². The summed E-state index contributed by atoms with van der Waals surface area (Å²) >= 11 is 1.27. The number of nitrogens with one attached hydrogen (secondary N) is 2. The molecule has 0 saturated carbocycles. The van der Waals surface area contributed by atoms with Gasteiger partial charge in [0, 0.05) is 11.4 Å². The fraction of sp³-hybridized carbons (Fsp3) is 0.0952. The van der Waals surface area contributed by atoms with Gasteiger partial charge in [-0.2, -0.15) is 13.2 Å². The maximum absolute atomic E-state index is 12.6. The Labute approximate surface area is 178 Å². The third kappa shape index (κ3) is 6.16. The molecule has 31 heavy (non-hydrogen) atoms. The zero-order chi connectivity index (χ0) is 22.4. The first-order valence-corrected chi connectivity index (χ1v) is 9.69. The molecule has 3 aromatic rings. The third-order valence-electron chi connectivity index (χ3n) is 3.93. The quantitative estimate of drug-likeness (QED) is 0.530. The van der Waals surface area contributed by atoms with Gasteiger partial charge in [0.05, 0.1) is 16.0 Å². The summed E-state index contributed by atoms with van der Waals surface area (Å²) in [6, 6.07) is 13.3. The molecular weight excluding hydrogens is 433 g/mol. The first-order chi connectivity index (χ1) is 14.7. The average molecular weight is 448 g/mol. The van der Waals surface area contributed by atoms with E-state index in [1.165, 1.54) is 23.5 Å². The molecule has 0 aliphatic carbocycles. The number of benzene rings is 2. The number of anilines is 2. The van der Waals surface area contributed by atoms with Crippen molar-refractivity contribution in [3.8, 4) is 0 Å². The summed E-state index contributed by atoms with van der Waals surface area (Å²) in [6.07, 6.45) is -4.48. The van der Waals surface area contributed by atoms with Gasteiger partial charge in [-0.15, -0.1) is 11.3 Å². The first kappa shape index (κ1) is 22.0. The molecule has 0 unspecified atom stereocenters. The van der Waals surface area contributed by atoms with Gasteiger partial charge in [-0.25, -0.2) is 4.79 Å². The fourth-order valence-electron chi connectivity index (χ4n) is 2.48. The van der Waals surface area contributed by atoms with E-state index < -0.39 is 30.2 Å². The van der Waals surface area contributed by atoms with Crippen molar-refractivity contribution in [2.24, 2.45) is 0 Å². The van der Waals surface area contributed by atoms with Crippen LogP contribution in [0.5, 0.6) is 0 Å². The summed E-state index contributed by atoms with van der Waals surface area (Å²) in [5.41, 5.74) is -0.219. The third-order valence-corrected chi connectivity index (χ3v) is 4.80. The lowest BCUT2D eigenvalue weighted by Gasteiger charge is -2.10. The smallest absolute Gasteiger partial charge is 0.416 e. The fourth-order valence-corrected chi connectivity index (χ4v) is 3.10. The summed E-state index contributed by atoms with van der Waals surface area (Å²) in [5.74, 6) is -1.83. The second-order valence-corrected chi connectivity index (χ2v) is 7.16. The van der Waals surface area contributed by atoms with Gasteiger partial charge in [0.1, 0.15) is 0 Å². The monoisotopic (exact) mass is 448 g/mol. The normalized spacial score (nSPS) is 10.9. The molecular formula is C21H15F3N2O4S. The Morgan fingerprint density at radius 2 is 1.65 bits per heavy atom. The van der Waals surface area contributed by atoms with Crippen molar-refractivity contribution in [3.05, 3.63) is 82.0 Å². The highest BCUT2D eigenvalue weighted by atomic mass is 32.1. The van der Waals surface area contributed by atoms with Crippen LogP contribution in [0, 0.1) is 0 Å². The molecule has 10 heteroatoms. The lowest BCUT2D eigenvalue weighted by Crippen LogP contribution is -2.21. The number of carbonyl (C=O) groups excluding carboxylic acids is 3. The van der Waals surface area contributed by atoms with Crippen LogP contribution in [-0.4, -0.2) is 24.4 Å². The molecule has 2 aromatic carbocycles. The van der Waals surface area contributed by atoms with Crippen LogP contribution in [0.1, 0.15) is 25.6 Å². The van der Waals surface area contributed by atoms with Gasteiger partial charge in [-0.05, 0) is 53.9 Å². The van der Waals surface area contributed by atoms with Crippen LogP contribution in [-0.2, 0) is 15.7 Å². The number of hydrogen-bond donors (Lipinski definition) is 2. The summed E-state index contributed by atoms with van der Waals surface area (Å²) in [6.45, 7) is -0.633. The van der Waals surface area contributed by atoms with Crippen LogP contribution >= 0.6 is 11.3 Å². The van der Waals surface area contributed by atoms with E-state index in [2.05, 4.69) is 10.6 Å². The van der Waals surface area contributed by atoms with Crippen molar-refractivity contribution in [1.82, 2.24) is 0 Å². The average Bonchev–Trinajstić information content (AvgIpc) is 3.27. The highest BCUT2D eigenvalue weighted by Gasteiger charge is 2.30. The minimum Gasteiger partial charge on any atom is -0.452 e. The van der Waals surface area contributed by atoms with Gasteiger partial charge in [-0.3, -0.25) is 9.59 Å². The molecule has 3 rings (SSSR count). The second-order valence-electron chi connectivity index (χ2n) is 6.21. The number of rotatable bonds is 6. The predicted molar refractivity (Wildman–Crippen MR) is 109 cm³/mol. The van der Waals surface area contributed by atoms with Crippen LogP contribution in [0.15, 0.2) is 66.0 Å². The molecule has 0 saturated heterocycles. The Kier molecular flexibility index (Phi) is 6.71. The molecule has 0 aliphatic heterocycles. The lowest BCUT2D eigenvalue weighted by atomic mass is 10.2. The van der Waals surface area contributed by atoms with Gasteiger partial charge >= 0.3 is 12.1 Å². The van der Waals surface area contributed by atoms with Crippen molar-refractivity contribution >= 4 is 40.5 Å². The lowest BCUT2D eigenvalue weighted by molar-refractivity contribution is -0.137. The Morgan fingerprint density at radius 3 is 2.29 bits per heavy atom. The number of alkyl halides is 3. The standard InChI is InChI=1S/C21H15F3N2O4S/c22-21(23,24)14-6-8-15(9-7-14)25-18(27)12-30-20(29)13-3-1-4-16(11-13)26-19(28)17-5-2-10-31-17/h1-11H,12H2,(H,25,27)(H,26,28). The van der Waals surface area contributed by atoms with E-state index in [0.29, 0.717) is 10.6 Å². The molecule has 0 bridgehead atoms. The first-order valence-electron chi connectivity index (χ1n) is 8.81. The van der Waals surface area contributed by atoms with Crippen molar-refractivity contribution in [3.63, 3.8) is 0 Å². The summed E-state index contributed by atoms with van der Waals surface area (Å²) in [7, 11) is 0. The van der Waals surface area contributed by atoms with E-state index >= 15 is 0 Å². The number of hydrogen-bond acceptors (Lipinski definition) is 5. The van der Waals surface area contributed by atoms with E-state index in [4.69, 9.17) is 4.74 Å². The van der Waals surface area contributed by atoms with Crippen molar-refractivity contribution < 1.29 is 32.3 Å². The van der Waals surface area contributed by atoms with Gasteiger partial charge in [0.25, 0.3) is 11.8 Å². The topological polar surface area (TPSA) is 84.5 Å². The second kappa shape index (κ2) is 9.43. The van der Waals surface area contributed by atoms with Crippen molar-refractivity contribution in [2.75, 3.05) is 17.2 Å². The minimum atomic E-state index is -4.48. The molecule has 0 aliphatic rings. The number of esters is 1. The van der Waals surface area contributed by atoms with E-state index in [0.717, 1.165) is 24.3 Å². The maximum Gasteiger partial charge on any atom is 0.416 e. The zero-order valence-corrected chi connectivity index (χ0v) is 16.5. The molecule has 2 N–H and O–H groups in total. The zero-order valence-electron chi connectivity index (χ0n) is 15.7. The van der Waals surface area contributed by atoms with Gasteiger partial charge in [-0.1, -0.05) is 12.1 Å². The molecule has 1 heterocycles. The molecule has 0 radical (unpaired) electrons. The Bertz CT molecular complexity index is 1080. The number of carbonyl (C=O) groups is 3. The molecule has 2 amide bonds. The highest BCUT2D eigenvalue weighted by Crippen LogP contribution is 2.29. The van der Waals surface area contributed by atoms with Crippen LogP contribution in [0.3, 0.4) is 0 Å². The van der Waals surface area contributed by atoms with Crippen molar-refractivity contribution in [2.45, 2.75) is 6.18 Å². The minimum absolute atomic E-state index is 0.117. The molecule has 0 atom stereocenters. The van der Waals surface area contributed by atoms with Crippen molar-refractivity contribution in [1.29, 1.82) is 0 Å². The summed E-state index contributed by atoms with van der Waals surface area (Å²) in [5, 5.41) is 6.76. The van der Waals surface area contributed by atoms with E-state index in [9.17, 15) is 27.6 Å². The van der Waals surface area contributed by atoms with Crippen LogP contribution in [0.4, 0.5) is 24.5 Å². The largest absolute Gasteiger partial charge is 0.452 e. The molecule has 0 spiro atoms. The Hall–Kier alpha value is -3.66. The van der Waals surface area contributed by atoms with E-state index in [-0.39, 0.29) is 17.2 Å². The van der Waals surface area contributed by atoms with Gasteiger partial charge in [0.15, 0.2) is 6.61 Å². The number of ether oxygens (including phenoxy) is 1. The number of halogens is 3. The molecule has 0 fully saturated rings. The highest BCUT2D eigenvalue weighted by molar-refractivity contribution is 7.12. The van der Waals surface area contributed by atoms with E-state index in [1.807, 2.05) is 0 Å². The predicted octanol–water partition coefficient (Wildman–Crippen LogP) is 4.81. The molecule has 6 nitrogen and oxygen atoms in total. The SMILES string of the molecule is O=C(COC(=O)c1cccc(NC(=O)c2cccs2)c1)Nc1ccc(C(F)(F)F)cc1. The Balaban J connectivity index is 1.53. The molecule has 160 valence electrons. The number of thiophene rings is 1. The van der Waals surface area contributed by atoms with Gasteiger partial charge < -0.3 is 15.4 Å². The van der Waals surface area contributed by atoms with Crippen LogP contribution in [0.2, 0.25) is 0 Å². The summed E-state index contributed by atoms with van der Waals surface area (Å²) < 4.78 is 42.6. The van der Waals surface area contributed by atoms with E-state index in [1.54, 1.807) is 29.6 Å². The van der Waals surface area contributed by atoms with Crippen LogP contribution in [0.25, 0.3) is 0 Å².